The standard InChI is InChI=1S/C11H11N3/c1-7-2-3-9-8(6-7)4-5-14-10(9)11(12)13/h2-6H,1H3,(H3,12,13). The van der Waals surface area contributed by atoms with Gasteiger partial charge in [-0.2, -0.15) is 0 Å². The Bertz CT molecular complexity index is 503. The maximum Gasteiger partial charge on any atom is 0.142 e. The third kappa shape index (κ3) is 1.33. The van der Waals surface area contributed by atoms with Crippen LogP contribution in [0.25, 0.3) is 10.8 Å². The molecule has 0 aliphatic heterocycles. The number of aromatic nitrogens is 1. The number of hydrogen-bond acceptors (Lipinski definition) is 2. The number of aryl methyl sites for hydroxylation is 1. The van der Waals surface area contributed by atoms with Crippen LogP contribution in [0.5, 0.6) is 0 Å². The predicted molar refractivity (Wildman–Crippen MR) is 57.5 cm³/mol. The summed E-state index contributed by atoms with van der Waals surface area (Å²) in [5.41, 5.74) is 7.19. The van der Waals surface area contributed by atoms with Crippen molar-refractivity contribution in [2.45, 2.75) is 6.92 Å². The van der Waals surface area contributed by atoms with Crippen molar-refractivity contribution < 1.29 is 0 Å². The van der Waals surface area contributed by atoms with Crippen LogP contribution in [0.2, 0.25) is 0 Å². The van der Waals surface area contributed by atoms with E-state index in [9.17, 15) is 0 Å². The number of fused-ring (bicyclic) bond motifs is 1. The van der Waals surface area contributed by atoms with Gasteiger partial charge in [-0.1, -0.05) is 23.8 Å². The smallest absolute Gasteiger partial charge is 0.142 e. The molecule has 2 rings (SSSR count). The van der Waals surface area contributed by atoms with Crippen molar-refractivity contribution in [3.05, 3.63) is 41.7 Å². The van der Waals surface area contributed by atoms with Crippen LogP contribution in [-0.4, -0.2) is 10.8 Å². The summed E-state index contributed by atoms with van der Waals surface area (Å²) < 4.78 is 0. The Labute approximate surface area is 82.1 Å². The normalized spacial score (nSPS) is 10.4. The Kier molecular flexibility index (Phi) is 1.93. The molecule has 3 N–H and O–H groups in total. The summed E-state index contributed by atoms with van der Waals surface area (Å²) in [6, 6.07) is 7.93. The van der Waals surface area contributed by atoms with E-state index in [2.05, 4.69) is 11.1 Å². The highest BCUT2D eigenvalue weighted by molar-refractivity contribution is 6.05. The Balaban J connectivity index is 2.81. The fraction of sp³-hybridized carbons (Fsp3) is 0.0909. The van der Waals surface area contributed by atoms with Crippen molar-refractivity contribution in [1.82, 2.24) is 4.98 Å². The highest BCUT2D eigenvalue weighted by Crippen LogP contribution is 2.17. The van der Waals surface area contributed by atoms with Gasteiger partial charge in [0, 0.05) is 11.6 Å². The first kappa shape index (κ1) is 8.69. The maximum atomic E-state index is 7.39. The summed E-state index contributed by atoms with van der Waals surface area (Å²) in [5.74, 6) is 0.0134. The van der Waals surface area contributed by atoms with Gasteiger partial charge in [-0.3, -0.25) is 10.4 Å². The van der Waals surface area contributed by atoms with E-state index in [-0.39, 0.29) is 5.84 Å². The van der Waals surface area contributed by atoms with E-state index in [0.717, 1.165) is 10.8 Å². The van der Waals surface area contributed by atoms with Gasteiger partial charge in [-0.15, -0.1) is 0 Å². The molecule has 0 aliphatic rings. The number of nitrogens with one attached hydrogen (secondary N) is 1. The molecule has 2 aromatic rings. The van der Waals surface area contributed by atoms with Crippen molar-refractivity contribution in [1.29, 1.82) is 5.41 Å². The quantitative estimate of drug-likeness (QED) is 0.526. The number of hydrogen-bond donors (Lipinski definition) is 2. The lowest BCUT2D eigenvalue weighted by atomic mass is 10.1. The van der Waals surface area contributed by atoms with Gasteiger partial charge in [-0.25, -0.2) is 0 Å². The highest BCUT2D eigenvalue weighted by atomic mass is 14.8. The molecule has 3 heteroatoms. The Hall–Kier alpha value is -1.90. The zero-order valence-corrected chi connectivity index (χ0v) is 7.91. The fourth-order valence-corrected chi connectivity index (χ4v) is 1.51. The largest absolute Gasteiger partial charge is 0.382 e. The van der Waals surface area contributed by atoms with Gasteiger partial charge in [0.1, 0.15) is 11.5 Å². The lowest BCUT2D eigenvalue weighted by molar-refractivity contribution is 1.28. The van der Waals surface area contributed by atoms with E-state index < -0.39 is 0 Å². The van der Waals surface area contributed by atoms with Crippen molar-refractivity contribution in [2.75, 3.05) is 0 Å². The molecule has 0 radical (unpaired) electrons. The highest BCUT2D eigenvalue weighted by Gasteiger charge is 2.04. The van der Waals surface area contributed by atoms with E-state index in [0.29, 0.717) is 5.69 Å². The van der Waals surface area contributed by atoms with E-state index in [1.165, 1.54) is 5.56 Å². The number of nitrogens with zero attached hydrogens (tertiary/aromatic N) is 1. The van der Waals surface area contributed by atoms with Gasteiger partial charge >= 0.3 is 0 Å². The molecule has 0 aliphatic carbocycles. The number of rotatable bonds is 1. The van der Waals surface area contributed by atoms with E-state index >= 15 is 0 Å². The second-order valence-electron chi connectivity index (χ2n) is 3.30. The molecule has 0 saturated heterocycles. The molecular weight excluding hydrogens is 174 g/mol. The molecule has 14 heavy (non-hydrogen) atoms. The van der Waals surface area contributed by atoms with Gasteiger partial charge in [-0.05, 0) is 18.4 Å². The number of nitrogen functional groups attached to an aromatic ring is 1. The maximum absolute atomic E-state index is 7.39. The van der Waals surface area contributed by atoms with Crippen LogP contribution in [0.4, 0.5) is 0 Å². The van der Waals surface area contributed by atoms with E-state index in [1.807, 2.05) is 25.1 Å². The van der Waals surface area contributed by atoms with Crippen LogP contribution in [0.1, 0.15) is 11.3 Å². The lowest BCUT2D eigenvalue weighted by Crippen LogP contribution is -2.13. The first-order valence-corrected chi connectivity index (χ1v) is 4.38. The van der Waals surface area contributed by atoms with Crippen LogP contribution < -0.4 is 5.73 Å². The van der Waals surface area contributed by atoms with Gasteiger partial charge in [0.2, 0.25) is 0 Å². The van der Waals surface area contributed by atoms with Crippen LogP contribution in [0.15, 0.2) is 30.5 Å². The SMILES string of the molecule is Cc1ccc2c(C(=N)N)nccc2c1. The number of benzene rings is 1. The van der Waals surface area contributed by atoms with Crippen molar-refractivity contribution in [2.24, 2.45) is 5.73 Å². The number of nitrogens with two attached hydrogens (primary N) is 1. The second-order valence-corrected chi connectivity index (χ2v) is 3.30. The van der Waals surface area contributed by atoms with Crippen LogP contribution in [0, 0.1) is 12.3 Å². The first-order valence-electron chi connectivity index (χ1n) is 4.38. The molecule has 0 fully saturated rings. The third-order valence-electron chi connectivity index (χ3n) is 2.18. The zero-order valence-electron chi connectivity index (χ0n) is 7.91. The Morgan fingerprint density at radius 3 is 2.86 bits per heavy atom. The molecule has 3 nitrogen and oxygen atoms in total. The predicted octanol–water partition coefficient (Wildman–Crippen LogP) is 1.83. The van der Waals surface area contributed by atoms with Gasteiger partial charge in [0.25, 0.3) is 0 Å². The van der Waals surface area contributed by atoms with Crippen LogP contribution in [-0.2, 0) is 0 Å². The van der Waals surface area contributed by atoms with Crippen LogP contribution >= 0.6 is 0 Å². The molecule has 0 unspecified atom stereocenters. The summed E-state index contributed by atoms with van der Waals surface area (Å²) in [6.07, 6.45) is 1.68. The topological polar surface area (TPSA) is 62.8 Å². The minimum Gasteiger partial charge on any atom is -0.382 e. The second kappa shape index (κ2) is 3.10. The molecule has 0 saturated carbocycles. The molecule has 0 amide bonds. The monoisotopic (exact) mass is 185 g/mol. The van der Waals surface area contributed by atoms with Crippen LogP contribution in [0.3, 0.4) is 0 Å². The summed E-state index contributed by atoms with van der Waals surface area (Å²) >= 11 is 0. The molecule has 1 aromatic heterocycles. The van der Waals surface area contributed by atoms with Crippen molar-refractivity contribution >= 4 is 16.6 Å². The van der Waals surface area contributed by atoms with E-state index in [1.54, 1.807) is 6.20 Å². The van der Waals surface area contributed by atoms with Gasteiger partial charge in [0.15, 0.2) is 0 Å². The Morgan fingerprint density at radius 2 is 2.14 bits per heavy atom. The summed E-state index contributed by atoms with van der Waals surface area (Å²) in [4.78, 5) is 4.09. The minimum absolute atomic E-state index is 0.0134. The molecule has 1 aromatic carbocycles. The molecule has 0 atom stereocenters. The Morgan fingerprint density at radius 1 is 1.36 bits per heavy atom. The van der Waals surface area contributed by atoms with Crippen molar-refractivity contribution in [3.63, 3.8) is 0 Å². The first-order chi connectivity index (χ1) is 6.68. The average Bonchev–Trinajstić information content (AvgIpc) is 2.16. The summed E-state index contributed by atoms with van der Waals surface area (Å²) in [5, 5.41) is 9.40. The van der Waals surface area contributed by atoms with Gasteiger partial charge in [0.05, 0.1) is 0 Å². The summed E-state index contributed by atoms with van der Waals surface area (Å²) in [7, 11) is 0. The van der Waals surface area contributed by atoms with Crippen molar-refractivity contribution in [3.8, 4) is 0 Å². The third-order valence-corrected chi connectivity index (χ3v) is 2.18. The number of amidine groups is 1. The average molecular weight is 185 g/mol. The lowest BCUT2D eigenvalue weighted by Gasteiger charge is -2.03. The molecule has 70 valence electrons. The summed E-state index contributed by atoms with van der Waals surface area (Å²) in [6.45, 7) is 2.04. The number of pyridine rings is 1. The van der Waals surface area contributed by atoms with E-state index in [4.69, 9.17) is 11.1 Å². The molecule has 0 bridgehead atoms. The molecular formula is C11H11N3. The van der Waals surface area contributed by atoms with Gasteiger partial charge < -0.3 is 5.73 Å². The minimum atomic E-state index is 0.0134. The zero-order chi connectivity index (χ0) is 10.1. The molecule has 1 heterocycles. The fourth-order valence-electron chi connectivity index (χ4n) is 1.51. The molecule has 0 spiro atoms.